The predicted octanol–water partition coefficient (Wildman–Crippen LogP) is 5.36. The van der Waals surface area contributed by atoms with Crippen LogP contribution in [0.1, 0.15) is 34.6 Å². The number of rotatable bonds is 6. The lowest BCUT2D eigenvalue weighted by atomic mass is 10.0. The molecule has 0 amide bonds. The van der Waals surface area contributed by atoms with Crippen LogP contribution in [0.15, 0.2) is 83.8 Å². The zero-order valence-electron chi connectivity index (χ0n) is 14.9. The third-order valence-corrected chi connectivity index (χ3v) is 5.85. The third kappa shape index (κ3) is 3.51. The molecule has 1 heterocycles. The highest BCUT2D eigenvalue weighted by molar-refractivity contribution is 7.99. The average molecular weight is 373 g/mol. The van der Waals surface area contributed by atoms with Crippen molar-refractivity contribution in [3.63, 3.8) is 0 Å². The smallest absolute Gasteiger partial charge is 0.194 e. The minimum absolute atomic E-state index is 0.0389. The molecular formula is C22H19N3OS. The molecule has 0 aliphatic heterocycles. The van der Waals surface area contributed by atoms with Crippen LogP contribution < -0.4 is 0 Å². The van der Waals surface area contributed by atoms with E-state index in [9.17, 15) is 4.79 Å². The summed E-state index contributed by atoms with van der Waals surface area (Å²) in [5.74, 6) is 0.0389. The van der Waals surface area contributed by atoms with Crippen molar-refractivity contribution in [1.82, 2.24) is 15.0 Å². The molecule has 0 aliphatic carbocycles. The van der Waals surface area contributed by atoms with Gasteiger partial charge in [0, 0.05) is 16.0 Å². The van der Waals surface area contributed by atoms with E-state index >= 15 is 0 Å². The molecule has 0 fully saturated rings. The number of thioether (sulfide) groups is 1. The lowest BCUT2D eigenvalue weighted by Crippen LogP contribution is -2.08. The molecule has 0 saturated heterocycles. The van der Waals surface area contributed by atoms with Crippen LogP contribution in [0.5, 0.6) is 0 Å². The lowest BCUT2D eigenvalue weighted by molar-refractivity contribution is 0.103. The Morgan fingerprint density at radius 2 is 1.67 bits per heavy atom. The third-order valence-electron chi connectivity index (χ3n) is 4.43. The Hall–Kier alpha value is -2.92. The molecule has 0 bridgehead atoms. The summed E-state index contributed by atoms with van der Waals surface area (Å²) in [7, 11) is 0. The number of aromatic nitrogens is 3. The van der Waals surface area contributed by atoms with Crippen molar-refractivity contribution >= 4 is 28.6 Å². The van der Waals surface area contributed by atoms with E-state index in [-0.39, 0.29) is 11.2 Å². The number of fused-ring (bicyclic) bond motifs is 1. The van der Waals surface area contributed by atoms with Crippen molar-refractivity contribution in [3.05, 3.63) is 90.0 Å². The fourth-order valence-corrected chi connectivity index (χ4v) is 4.21. The van der Waals surface area contributed by atoms with Gasteiger partial charge in [-0.15, -0.1) is 5.10 Å². The number of nitrogens with zero attached hydrogens (tertiary/aromatic N) is 3. The molecule has 4 rings (SSSR count). The summed E-state index contributed by atoms with van der Waals surface area (Å²) in [5, 5.41) is 8.68. The Morgan fingerprint density at radius 3 is 2.48 bits per heavy atom. The maximum Gasteiger partial charge on any atom is 0.194 e. The fourth-order valence-electron chi connectivity index (χ4n) is 3.05. The van der Waals surface area contributed by atoms with Crippen LogP contribution >= 0.6 is 11.8 Å². The van der Waals surface area contributed by atoms with Gasteiger partial charge in [0.05, 0.1) is 5.52 Å². The molecule has 0 radical (unpaired) electrons. The van der Waals surface area contributed by atoms with Crippen molar-refractivity contribution < 1.29 is 4.79 Å². The van der Waals surface area contributed by atoms with Gasteiger partial charge in [0.1, 0.15) is 10.9 Å². The number of carbonyl (C=O) groups is 1. The molecule has 4 nitrogen and oxygen atoms in total. The Balaban J connectivity index is 1.69. The van der Waals surface area contributed by atoms with Gasteiger partial charge in [0.15, 0.2) is 5.78 Å². The minimum Gasteiger partial charge on any atom is -0.289 e. The molecule has 1 atom stereocenters. The van der Waals surface area contributed by atoms with Crippen molar-refractivity contribution in [3.8, 4) is 0 Å². The molecule has 134 valence electrons. The predicted molar refractivity (Wildman–Crippen MR) is 109 cm³/mol. The summed E-state index contributed by atoms with van der Waals surface area (Å²) in [5.41, 5.74) is 3.30. The standard InChI is InChI=1S/C22H19N3OS/c1-2-21(25-19-14-8-7-13-18(19)23-24-25)27-20-15-9-6-12-17(20)22(26)16-10-4-3-5-11-16/h3-15,21H,2H2,1H3. The first-order chi connectivity index (χ1) is 13.3. The van der Waals surface area contributed by atoms with E-state index < -0.39 is 0 Å². The summed E-state index contributed by atoms with van der Waals surface area (Å²) in [4.78, 5) is 13.9. The van der Waals surface area contributed by atoms with Gasteiger partial charge in [0.2, 0.25) is 0 Å². The summed E-state index contributed by atoms with van der Waals surface area (Å²) in [6.45, 7) is 2.12. The van der Waals surface area contributed by atoms with Crippen LogP contribution in [-0.4, -0.2) is 20.8 Å². The van der Waals surface area contributed by atoms with Crippen LogP contribution in [-0.2, 0) is 0 Å². The maximum absolute atomic E-state index is 13.0. The second kappa shape index (κ2) is 7.76. The van der Waals surface area contributed by atoms with E-state index in [0.717, 1.165) is 27.9 Å². The van der Waals surface area contributed by atoms with Gasteiger partial charge in [-0.25, -0.2) is 4.68 Å². The summed E-state index contributed by atoms with van der Waals surface area (Å²) in [6.07, 6.45) is 0.867. The van der Waals surface area contributed by atoms with E-state index in [1.165, 1.54) is 0 Å². The lowest BCUT2D eigenvalue weighted by Gasteiger charge is -2.17. The second-order valence-electron chi connectivity index (χ2n) is 6.19. The number of hydrogen-bond donors (Lipinski definition) is 0. The van der Waals surface area contributed by atoms with E-state index in [4.69, 9.17) is 0 Å². The van der Waals surface area contributed by atoms with Crippen LogP contribution in [0, 0.1) is 0 Å². The Kier molecular flexibility index (Phi) is 5.03. The molecule has 1 aromatic heterocycles. The molecule has 27 heavy (non-hydrogen) atoms. The topological polar surface area (TPSA) is 47.8 Å². The number of benzene rings is 3. The minimum atomic E-state index is 0.0389. The molecule has 3 aromatic carbocycles. The van der Waals surface area contributed by atoms with E-state index in [1.54, 1.807) is 11.8 Å². The van der Waals surface area contributed by atoms with Gasteiger partial charge in [-0.1, -0.05) is 78.5 Å². The highest BCUT2D eigenvalue weighted by Crippen LogP contribution is 2.37. The number of carbonyl (C=O) groups excluding carboxylic acids is 1. The van der Waals surface area contributed by atoms with Crippen molar-refractivity contribution in [2.24, 2.45) is 0 Å². The first-order valence-electron chi connectivity index (χ1n) is 8.93. The van der Waals surface area contributed by atoms with Crippen LogP contribution in [0.4, 0.5) is 0 Å². The summed E-state index contributed by atoms with van der Waals surface area (Å²) in [6, 6.07) is 25.1. The largest absolute Gasteiger partial charge is 0.289 e. The highest BCUT2D eigenvalue weighted by atomic mass is 32.2. The van der Waals surface area contributed by atoms with E-state index in [2.05, 4.69) is 17.2 Å². The maximum atomic E-state index is 13.0. The highest BCUT2D eigenvalue weighted by Gasteiger charge is 2.19. The van der Waals surface area contributed by atoms with Gasteiger partial charge in [0.25, 0.3) is 0 Å². The van der Waals surface area contributed by atoms with E-state index in [1.807, 2.05) is 83.5 Å². The van der Waals surface area contributed by atoms with Crippen LogP contribution in [0.25, 0.3) is 11.0 Å². The summed E-state index contributed by atoms with van der Waals surface area (Å²) >= 11 is 1.65. The molecule has 4 aromatic rings. The quantitative estimate of drug-likeness (QED) is 0.337. The molecular weight excluding hydrogens is 354 g/mol. The fraction of sp³-hybridized carbons (Fsp3) is 0.136. The number of hydrogen-bond acceptors (Lipinski definition) is 4. The van der Waals surface area contributed by atoms with Gasteiger partial charge in [-0.2, -0.15) is 0 Å². The van der Waals surface area contributed by atoms with Gasteiger partial charge in [-0.05, 0) is 30.7 Å². The zero-order chi connectivity index (χ0) is 18.6. The van der Waals surface area contributed by atoms with Crippen molar-refractivity contribution in [1.29, 1.82) is 0 Å². The Labute approximate surface area is 162 Å². The first-order valence-corrected chi connectivity index (χ1v) is 9.81. The van der Waals surface area contributed by atoms with Crippen LogP contribution in [0.3, 0.4) is 0 Å². The normalized spacial score (nSPS) is 12.2. The first kappa shape index (κ1) is 17.5. The van der Waals surface area contributed by atoms with Crippen molar-refractivity contribution in [2.45, 2.75) is 23.6 Å². The average Bonchev–Trinajstić information content (AvgIpc) is 3.16. The van der Waals surface area contributed by atoms with E-state index in [0.29, 0.717) is 5.56 Å². The molecule has 0 aliphatic rings. The SMILES string of the molecule is CCC(Sc1ccccc1C(=O)c1ccccc1)n1nnc2ccccc21. The van der Waals surface area contributed by atoms with Gasteiger partial charge < -0.3 is 0 Å². The molecule has 1 unspecified atom stereocenters. The summed E-state index contributed by atoms with van der Waals surface area (Å²) < 4.78 is 1.95. The molecule has 0 spiro atoms. The molecule has 5 heteroatoms. The van der Waals surface area contributed by atoms with Crippen molar-refractivity contribution in [2.75, 3.05) is 0 Å². The zero-order valence-corrected chi connectivity index (χ0v) is 15.8. The Bertz CT molecular complexity index is 1080. The van der Waals surface area contributed by atoms with Crippen LogP contribution in [0.2, 0.25) is 0 Å². The molecule has 0 N–H and O–H groups in total. The molecule has 0 saturated carbocycles. The van der Waals surface area contributed by atoms with Gasteiger partial charge >= 0.3 is 0 Å². The monoisotopic (exact) mass is 373 g/mol. The second-order valence-corrected chi connectivity index (χ2v) is 7.41. The Morgan fingerprint density at radius 1 is 0.963 bits per heavy atom. The number of para-hydroxylation sites is 1. The number of ketones is 1. The van der Waals surface area contributed by atoms with Gasteiger partial charge in [-0.3, -0.25) is 4.79 Å².